The normalized spacial score (nSPS) is 10.2. The van der Waals surface area contributed by atoms with Gasteiger partial charge in [-0.15, -0.1) is 0 Å². The van der Waals surface area contributed by atoms with Crippen molar-refractivity contribution < 1.29 is 0 Å². The molecule has 0 atom stereocenters. The van der Waals surface area contributed by atoms with Crippen LogP contribution in [-0.4, -0.2) is 18.9 Å². The molecule has 0 amide bonds. The Bertz CT molecular complexity index is 263. The van der Waals surface area contributed by atoms with E-state index in [1.165, 1.54) is 16.8 Å². The minimum Gasteiger partial charge on any atom is -0.374 e. The molecule has 1 aromatic carbocycles. The van der Waals surface area contributed by atoms with Crippen molar-refractivity contribution in [2.45, 2.75) is 13.8 Å². The number of rotatable bonds is 3. The molecule has 0 aliphatic carbocycles. The highest BCUT2D eigenvalue weighted by molar-refractivity contribution is 9.09. The Morgan fingerprint density at radius 3 is 2.15 bits per heavy atom. The summed E-state index contributed by atoms with van der Waals surface area (Å²) in [6.45, 7) is 5.32. The average Bonchev–Trinajstić information content (AvgIpc) is 2.03. The number of hydrogen-bond acceptors (Lipinski definition) is 1. The lowest BCUT2D eigenvalue weighted by atomic mass is 10.1. The zero-order valence-electron chi connectivity index (χ0n) is 8.47. The number of hydrogen-bond donors (Lipinski definition) is 0. The average molecular weight is 242 g/mol. The van der Waals surface area contributed by atoms with Crippen molar-refractivity contribution in [2.24, 2.45) is 0 Å². The highest BCUT2D eigenvalue weighted by Crippen LogP contribution is 2.17. The van der Waals surface area contributed by atoms with Gasteiger partial charge in [-0.2, -0.15) is 0 Å². The molecule has 1 rings (SSSR count). The quantitative estimate of drug-likeness (QED) is 0.736. The van der Waals surface area contributed by atoms with Crippen LogP contribution in [0.4, 0.5) is 5.69 Å². The van der Waals surface area contributed by atoms with Crippen LogP contribution >= 0.6 is 15.9 Å². The molecule has 0 saturated carbocycles. The van der Waals surface area contributed by atoms with Crippen LogP contribution in [0.1, 0.15) is 11.1 Å². The molecule has 0 fully saturated rings. The maximum atomic E-state index is 3.44. The molecule has 0 N–H and O–H groups in total. The van der Waals surface area contributed by atoms with E-state index in [0.29, 0.717) is 0 Å². The number of nitrogens with zero attached hydrogens (tertiary/aromatic N) is 1. The first kappa shape index (κ1) is 10.6. The van der Waals surface area contributed by atoms with Crippen molar-refractivity contribution in [3.05, 3.63) is 29.3 Å². The molecular weight excluding hydrogens is 226 g/mol. The number of aryl methyl sites for hydroxylation is 2. The second-order valence-corrected chi connectivity index (χ2v) is 4.25. The van der Waals surface area contributed by atoms with E-state index in [-0.39, 0.29) is 0 Å². The SMILES string of the molecule is Cc1cc(C)cc(N(C)CCBr)c1. The van der Waals surface area contributed by atoms with Crippen LogP contribution in [0.5, 0.6) is 0 Å². The van der Waals surface area contributed by atoms with E-state index in [9.17, 15) is 0 Å². The van der Waals surface area contributed by atoms with Crippen LogP contribution in [-0.2, 0) is 0 Å². The van der Waals surface area contributed by atoms with Gasteiger partial charge in [0.15, 0.2) is 0 Å². The van der Waals surface area contributed by atoms with Gasteiger partial charge in [-0.25, -0.2) is 0 Å². The van der Waals surface area contributed by atoms with E-state index in [1.807, 2.05) is 0 Å². The largest absolute Gasteiger partial charge is 0.374 e. The first-order valence-corrected chi connectivity index (χ1v) is 5.61. The zero-order valence-corrected chi connectivity index (χ0v) is 10.1. The van der Waals surface area contributed by atoms with E-state index in [1.54, 1.807) is 0 Å². The molecule has 72 valence electrons. The topological polar surface area (TPSA) is 3.24 Å². The van der Waals surface area contributed by atoms with E-state index in [4.69, 9.17) is 0 Å². The summed E-state index contributed by atoms with van der Waals surface area (Å²) in [5.74, 6) is 0. The van der Waals surface area contributed by atoms with E-state index in [0.717, 1.165) is 11.9 Å². The molecule has 2 heteroatoms. The Morgan fingerprint density at radius 1 is 1.15 bits per heavy atom. The number of benzene rings is 1. The van der Waals surface area contributed by atoms with Gasteiger partial charge in [0.1, 0.15) is 0 Å². The minimum atomic E-state index is 1.01. The van der Waals surface area contributed by atoms with Gasteiger partial charge in [0.2, 0.25) is 0 Å². The zero-order chi connectivity index (χ0) is 9.84. The van der Waals surface area contributed by atoms with Crippen molar-refractivity contribution in [3.63, 3.8) is 0 Å². The van der Waals surface area contributed by atoms with Crippen LogP contribution in [0.2, 0.25) is 0 Å². The van der Waals surface area contributed by atoms with Gasteiger partial charge >= 0.3 is 0 Å². The Kier molecular flexibility index (Phi) is 3.79. The van der Waals surface area contributed by atoms with E-state index in [2.05, 4.69) is 59.9 Å². The van der Waals surface area contributed by atoms with Crippen LogP contribution in [0.25, 0.3) is 0 Å². The number of anilines is 1. The summed E-state index contributed by atoms with van der Waals surface area (Å²) in [5, 5.41) is 1.01. The minimum absolute atomic E-state index is 1.01. The summed E-state index contributed by atoms with van der Waals surface area (Å²) >= 11 is 3.44. The molecular formula is C11H16BrN. The lowest BCUT2D eigenvalue weighted by Crippen LogP contribution is -2.19. The van der Waals surface area contributed by atoms with Crippen LogP contribution in [0.15, 0.2) is 18.2 Å². The molecule has 0 spiro atoms. The standard InChI is InChI=1S/C11H16BrN/c1-9-6-10(2)8-11(7-9)13(3)5-4-12/h6-8H,4-5H2,1-3H3. The molecule has 0 radical (unpaired) electrons. The highest BCUT2D eigenvalue weighted by atomic mass is 79.9. The van der Waals surface area contributed by atoms with Gasteiger partial charge in [-0.05, 0) is 37.1 Å². The molecule has 0 aliphatic heterocycles. The molecule has 0 unspecified atom stereocenters. The summed E-state index contributed by atoms with van der Waals surface area (Å²) in [7, 11) is 2.12. The Labute approximate surface area is 88.9 Å². The molecule has 13 heavy (non-hydrogen) atoms. The van der Waals surface area contributed by atoms with Gasteiger partial charge < -0.3 is 4.90 Å². The Hall–Kier alpha value is -0.500. The van der Waals surface area contributed by atoms with Gasteiger partial charge in [0, 0.05) is 24.6 Å². The second-order valence-electron chi connectivity index (χ2n) is 3.46. The smallest absolute Gasteiger partial charge is 0.0369 e. The summed E-state index contributed by atoms with van der Waals surface area (Å²) in [6.07, 6.45) is 0. The van der Waals surface area contributed by atoms with E-state index >= 15 is 0 Å². The predicted molar refractivity (Wildman–Crippen MR) is 63.0 cm³/mol. The maximum Gasteiger partial charge on any atom is 0.0369 e. The second kappa shape index (κ2) is 4.66. The van der Waals surface area contributed by atoms with Gasteiger partial charge in [-0.1, -0.05) is 22.0 Å². The predicted octanol–water partition coefficient (Wildman–Crippen LogP) is 3.13. The van der Waals surface area contributed by atoms with Crippen molar-refractivity contribution in [1.82, 2.24) is 0 Å². The van der Waals surface area contributed by atoms with E-state index < -0.39 is 0 Å². The fraction of sp³-hybridized carbons (Fsp3) is 0.455. The lowest BCUT2D eigenvalue weighted by molar-refractivity contribution is 0.979. The van der Waals surface area contributed by atoms with Crippen LogP contribution in [0.3, 0.4) is 0 Å². The van der Waals surface area contributed by atoms with Gasteiger partial charge in [0.25, 0.3) is 0 Å². The summed E-state index contributed by atoms with van der Waals surface area (Å²) < 4.78 is 0. The van der Waals surface area contributed by atoms with Crippen LogP contribution in [0, 0.1) is 13.8 Å². The van der Waals surface area contributed by atoms with Crippen molar-refractivity contribution in [2.75, 3.05) is 23.8 Å². The Morgan fingerprint density at radius 2 is 1.69 bits per heavy atom. The van der Waals surface area contributed by atoms with Crippen LogP contribution < -0.4 is 4.90 Å². The Balaban J connectivity index is 2.87. The summed E-state index contributed by atoms with van der Waals surface area (Å²) in [5.41, 5.74) is 3.96. The summed E-state index contributed by atoms with van der Waals surface area (Å²) in [6, 6.07) is 6.64. The third-order valence-corrected chi connectivity index (χ3v) is 2.42. The molecule has 0 aromatic heterocycles. The molecule has 0 aliphatic rings. The third kappa shape index (κ3) is 3.03. The first-order chi connectivity index (χ1) is 6.13. The molecule has 0 saturated heterocycles. The monoisotopic (exact) mass is 241 g/mol. The fourth-order valence-electron chi connectivity index (χ4n) is 1.43. The van der Waals surface area contributed by atoms with Crippen molar-refractivity contribution in [1.29, 1.82) is 0 Å². The van der Waals surface area contributed by atoms with Gasteiger partial charge in [0.05, 0.1) is 0 Å². The highest BCUT2D eigenvalue weighted by Gasteiger charge is 2.00. The fourth-order valence-corrected chi connectivity index (χ4v) is 1.96. The molecule has 0 bridgehead atoms. The van der Waals surface area contributed by atoms with Gasteiger partial charge in [-0.3, -0.25) is 0 Å². The summed E-state index contributed by atoms with van der Waals surface area (Å²) in [4.78, 5) is 2.26. The lowest BCUT2D eigenvalue weighted by Gasteiger charge is -2.19. The first-order valence-electron chi connectivity index (χ1n) is 4.49. The van der Waals surface area contributed by atoms with Crippen molar-refractivity contribution >= 4 is 21.6 Å². The number of halogens is 1. The molecule has 1 aromatic rings. The molecule has 0 heterocycles. The maximum absolute atomic E-state index is 3.44. The third-order valence-electron chi connectivity index (χ3n) is 2.07. The number of alkyl halides is 1. The van der Waals surface area contributed by atoms with Crippen molar-refractivity contribution in [3.8, 4) is 0 Å². The molecule has 1 nitrogen and oxygen atoms in total.